The largest absolute Gasteiger partial charge is 0.465 e. The van der Waals surface area contributed by atoms with Gasteiger partial charge in [0.25, 0.3) is 0 Å². The third-order valence-electron chi connectivity index (χ3n) is 4.99. The van der Waals surface area contributed by atoms with E-state index in [1.54, 1.807) is 31.2 Å². The lowest BCUT2D eigenvalue weighted by Crippen LogP contribution is -2.50. The summed E-state index contributed by atoms with van der Waals surface area (Å²) in [5, 5.41) is 6.83. The Bertz CT molecular complexity index is 1070. The summed E-state index contributed by atoms with van der Waals surface area (Å²) in [4.78, 5) is 39.4. The van der Waals surface area contributed by atoms with Gasteiger partial charge in [0.15, 0.2) is 0 Å². The second-order valence-electron chi connectivity index (χ2n) is 6.49. The molecule has 10 heteroatoms. The van der Waals surface area contributed by atoms with E-state index in [0.29, 0.717) is 22.5 Å². The number of nitrogens with one attached hydrogen (secondary N) is 1. The van der Waals surface area contributed by atoms with Gasteiger partial charge in [0.05, 0.1) is 12.7 Å². The van der Waals surface area contributed by atoms with Gasteiger partial charge in [0, 0.05) is 16.9 Å². The Morgan fingerprint density at radius 3 is 2.75 bits per heavy atom. The van der Waals surface area contributed by atoms with Crippen LogP contribution in [0.4, 0.5) is 5.69 Å². The number of nitrogens with two attached hydrogens (primary N) is 2. The highest BCUT2D eigenvalue weighted by Gasteiger charge is 2.62. The molecule has 0 bridgehead atoms. The van der Waals surface area contributed by atoms with E-state index in [1.807, 2.05) is 0 Å². The molecule has 0 fully saturated rings. The van der Waals surface area contributed by atoms with Crippen molar-refractivity contribution in [1.29, 1.82) is 0 Å². The van der Waals surface area contributed by atoms with Crippen molar-refractivity contribution in [1.82, 2.24) is 10.2 Å². The Morgan fingerprint density at radius 1 is 1.36 bits per heavy atom. The van der Waals surface area contributed by atoms with Crippen LogP contribution >= 0.6 is 0 Å². The van der Waals surface area contributed by atoms with Crippen molar-refractivity contribution < 1.29 is 23.9 Å². The van der Waals surface area contributed by atoms with Crippen molar-refractivity contribution in [3.63, 3.8) is 0 Å². The van der Waals surface area contributed by atoms with E-state index in [4.69, 9.17) is 20.9 Å². The van der Waals surface area contributed by atoms with Crippen LogP contribution in [0, 0.1) is 6.92 Å². The predicted molar refractivity (Wildman–Crippen MR) is 96.0 cm³/mol. The number of para-hydroxylation sites is 1. The minimum Gasteiger partial charge on any atom is -0.465 e. The minimum absolute atomic E-state index is 0.0757. The number of carbonyl (C=O) groups excluding carboxylic acids is 3. The summed E-state index contributed by atoms with van der Waals surface area (Å²) < 4.78 is 10.4. The van der Waals surface area contributed by atoms with E-state index in [2.05, 4.69) is 10.2 Å². The van der Waals surface area contributed by atoms with Crippen molar-refractivity contribution in [3.05, 3.63) is 52.5 Å². The number of carbonyl (C=O) groups is 3. The number of amides is 2. The molecule has 2 aliphatic heterocycles. The van der Waals surface area contributed by atoms with Gasteiger partial charge in [-0.3, -0.25) is 14.7 Å². The predicted octanol–water partition coefficient (Wildman–Crippen LogP) is -0.428. The van der Waals surface area contributed by atoms with Crippen LogP contribution in [0.5, 0.6) is 5.88 Å². The molecule has 2 aromatic rings. The minimum atomic E-state index is -1.67. The van der Waals surface area contributed by atoms with Crippen LogP contribution in [-0.4, -0.2) is 41.6 Å². The smallest absolute Gasteiger partial charge is 0.340 e. The number of rotatable bonds is 3. The molecule has 5 N–H and O–H groups in total. The average molecular weight is 383 g/mol. The molecule has 0 saturated heterocycles. The first-order valence-electron chi connectivity index (χ1n) is 8.35. The number of fused-ring (bicyclic) bond motifs is 4. The molecule has 2 amide bonds. The topological polar surface area (TPSA) is 154 Å². The maximum absolute atomic E-state index is 13.8. The maximum atomic E-state index is 13.8. The number of ether oxygens (including phenoxy) is 2. The van der Waals surface area contributed by atoms with E-state index in [9.17, 15) is 14.4 Å². The van der Waals surface area contributed by atoms with Crippen molar-refractivity contribution in [2.24, 2.45) is 11.5 Å². The number of aromatic amines is 1. The second kappa shape index (κ2) is 5.84. The molecule has 1 aromatic carbocycles. The van der Waals surface area contributed by atoms with Gasteiger partial charge in [0.2, 0.25) is 23.6 Å². The molecule has 0 radical (unpaired) electrons. The SMILES string of the molecule is COC(=O)C1=C(N)Oc2n[nH]c(C)c2[C@]12C(=O)N(CC(N)=O)c1ccccc12. The lowest BCUT2D eigenvalue weighted by atomic mass is 9.68. The molecule has 2 aliphatic rings. The normalized spacial score (nSPS) is 20.1. The second-order valence-corrected chi connectivity index (χ2v) is 6.49. The van der Waals surface area contributed by atoms with E-state index in [0.717, 1.165) is 0 Å². The number of methoxy groups -OCH3 is 1. The van der Waals surface area contributed by atoms with Gasteiger partial charge in [-0.25, -0.2) is 4.79 Å². The summed E-state index contributed by atoms with van der Waals surface area (Å²) in [5.74, 6) is -2.31. The zero-order valence-electron chi connectivity index (χ0n) is 15.1. The summed E-state index contributed by atoms with van der Waals surface area (Å²) in [6.07, 6.45) is 0. The third kappa shape index (κ3) is 2.02. The maximum Gasteiger partial charge on any atom is 0.340 e. The number of nitrogens with zero attached hydrogens (tertiary/aromatic N) is 2. The third-order valence-corrected chi connectivity index (χ3v) is 4.99. The molecule has 1 aromatic heterocycles. The monoisotopic (exact) mass is 383 g/mol. The first kappa shape index (κ1) is 17.6. The van der Waals surface area contributed by atoms with Gasteiger partial charge < -0.3 is 25.8 Å². The molecule has 4 rings (SSSR count). The molecule has 0 saturated carbocycles. The average Bonchev–Trinajstić information content (AvgIpc) is 3.13. The highest BCUT2D eigenvalue weighted by atomic mass is 16.5. The highest BCUT2D eigenvalue weighted by molar-refractivity contribution is 6.19. The Hall–Kier alpha value is -3.82. The summed E-state index contributed by atoms with van der Waals surface area (Å²) in [6.45, 7) is 1.33. The Morgan fingerprint density at radius 2 is 2.07 bits per heavy atom. The first-order chi connectivity index (χ1) is 13.3. The highest BCUT2D eigenvalue weighted by Crippen LogP contribution is 2.55. The fraction of sp³-hybridized carbons (Fsp3) is 0.222. The van der Waals surface area contributed by atoms with Gasteiger partial charge in [-0.1, -0.05) is 18.2 Å². The number of esters is 1. The van der Waals surface area contributed by atoms with Gasteiger partial charge >= 0.3 is 5.97 Å². The zero-order chi connectivity index (χ0) is 20.2. The molecule has 28 heavy (non-hydrogen) atoms. The Labute approximate surface area is 159 Å². The van der Waals surface area contributed by atoms with E-state index >= 15 is 0 Å². The van der Waals surface area contributed by atoms with Gasteiger partial charge in [0.1, 0.15) is 17.5 Å². The number of primary amides is 1. The quantitative estimate of drug-likeness (QED) is 0.608. The van der Waals surface area contributed by atoms with E-state index in [1.165, 1.54) is 12.0 Å². The molecular formula is C18H17N5O5. The van der Waals surface area contributed by atoms with Gasteiger partial charge in [-0.2, -0.15) is 0 Å². The van der Waals surface area contributed by atoms with Crippen molar-refractivity contribution in [2.45, 2.75) is 12.3 Å². The van der Waals surface area contributed by atoms with Gasteiger partial charge in [-0.15, -0.1) is 5.10 Å². The summed E-state index contributed by atoms with van der Waals surface area (Å²) in [7, 11) is 1.18. The van der Waals surface area contributed by atoms with Crippen molar-refractivity contribution in [2.75, 3.05) is 18.6 Å². The van der Waals surface area contributed by atoms with E-state index in [-0.39, 0.29) is 23.9 Å². The van der Waals surface area contributed by atoms with Crippen molar-refractivity contribution in [3.8, 4) is 5.88 Å². The van der Waals surface area contributed by atoms with Crippen LogP contribution in [0.3, 0.4) is 0 Å². The molecule has 3 heterocycles. The fourth-order valence-corrected chi connectivity index (χ4v) is 3.99. The number of aryl methyl sites for hydroxylation is 1. The number of hydrogen-bond acceptors (Lipinski definition) is 7. The molecular weight excluding hydrogens is 366 g/mol. The Balaban J connectivity index is 2.13. The van der Waals surface area contributed by atoms with Crippen LogP contribution in [0.2, 0.25) is 0 Å². The lowest BCUT2D eigenvalue weighted by Gasteiger charge is -2.34. The standard InChI is InChI=1S/C18H17N5O5/c1-8-12-15(22-21-8)28-14(20)13(16(25)27-2)18(12)9-5-3-4-6-10(9)23(17(18)26)7-11(19)24/h3-6H,7,20H2,1-2H3,(H2,19,24)(H,21,22)/t18-/m0/s1. The van der Waals surface area contributed by atoms with Crippen LogP contribution in [-0.2, 0) is 24.5 Å². The van der Waals surface area contributed by atoms with E-state index < -0.39 is 23.2 Å². The zero-order valence-corrected chi connectivity index (χ0v) is 15.1. The molecule has 0 unspecified atom stereocenters. The van der Waals surface area contributed by atoms with Gasteiger partial charge in [-0.05, 0) is 13.0 Å². The van der Waals surface area contributed by atoms with Crippen LogP contribution in [0.25, 0.3) is 0 Å². The van der Waals surface area contributed by atoms with Crippen LogP contribution in [0.15, 0.2) is 35.7 Å². The molecule has 1 spiro atoms. The molecule has 0 aliphatic carbocycles. The number of H-pyrrole nitrogens is 1. The number of anilines is 1. The summed E-state index contributed by atoms with van der Waals surface area (Å²) in [6, 6.07) is 6.79. The number of aromatic nitrogens is 2. The summed E-state index contributed by atoms with van der Waals surface area (Å²) in [5.41, 5.74) is 11.3. The lowest BCUT2D eigenvalue weighted by molar-refractivity contribution is -0.138. The molecule has 10 nitrogen and oxygen atoms in total. The van der Waals surface area contributed by atoms with Crippen molar-refractivity contribution >= 4 is 23.5 Å². The Kier molecular flexibility index (Phi) is 3.67. The fourth-order valence-electron chi connectivity index (χ4n) is 3.99. The van der Waals surface area contributed by atoms with Crippen LogP contribution < -0.4 is 21.1 Å². The first-order valence-corrected chi connectivity index (χ1v) is 8.35. The summed E-state index contributed by atoms with van der Waals surface area (Å²) >= 11 is 0. The number of hydrogen-bond donors (Lipinski definition) is 3. The molecule has 1 atom stereocenters. The number of benzene rings is 1. The molecule has 144 valence electrons. The van der Waals surface area contributed by atoms with Crippen LogP contribution in [0.1, 0.15) is 16.8 Å².